The second kappa shape index (κ2) is 6.08. The smallest absolute Gasteiger partial charge is 0.335 e. The van der Waals surface area contributed by atoms with E-state index in [9.17, 15) is 14.4 Å². The van der Waals surface area contributed by atoms with Gasteiger partial charge in [0.1, 0.15) is 0 Å². The number of aromatic carboxylic acids is 2. The molecule has 110 valence electrons. The van der Waals surface area contributed by atoms with Gasteiger partial charge in [-0.3, -0.25) is 0 Å². The number of urea groups is 1. The molecule has 7 heteroatoms. The highest BCUT2D eigenvalue weighted by molar-refractivity contribution is 5.98. The second-order valence-corrected chi connectivity index (χ2v) is 4.65. The molecule has 0 heterocycles. The first kappa shape index (κ1) is 14.6. The summed E-state index contributed by atoms with van der Waals surface area (Å²) < 4.78 is 0. The zero-order valence-electron chi connectivity index (χ0n) is 11.0. The van der Waals surface area contributed by atoms with Crippen LogP contribution in [0.5, 0.6) is 0 Å². The minimum absolute atomic E-state index is 0.00611. The number of anilines is 1. The molecule has 2 rings (SSSR count). The molecule has 0 aliphatic heterocycles. The fraction of sp³-hybridized carbons (Fsp3) is 0.214. The van der Waals surface area contributed by atoms with Gasteiger partial charge in [-0.2, -0.15) is 0 Å². The molecule has 7 nitrogen and oxygen atoms in total. The molecule has 0 radical (unpaired) electrons. The van der Waals surface area contributed by atoms with Crippen molar-refractivity contribution in [3.05, 3.63) is 41.5 Å². The van der Waals surface area contributed by atoms with Gasteiger partial charge in [-0.05, 0) is 31.0 Å². The van der Waals surface area contributed by atoms with E-state index in [0.717, 1.165) is 18.9 Å². The third kappa shape index (κ3) is 3.82. The number of nitrogens with one attached hydrogen (secondary N) is 2. The zero-order valence-corrected chi connectivity index (χ0v) is 11.0. The van der Waals surface area contributed by atoms with Gasteiger partial charge in [0.05, 0.1) is 11.1 Å². The third-order valence-corrected chi connectivity index (χ3v) is 3.03. The highest BCUT2D eigenvalue weighted by Gasteiger charge is 2.15. The van der Waals surface area contributed by atoms with Gasteiger partial charge >= 0.3 is 18.0 Å². The first-order chi connectivity index (χ1) is 9.95. The summed E-state index contributed by atoms with van der Waals surface area (Å²) in [6.07, 6.45) is 5.39. The van der Waals surface area contributed by atoms with Crippen molar-refractivity contribution in [1.29, 1.82) is 0 Å². The number of rotatable bonds is 4. The molecule has 0 saturated heterocycles. The number of hydrogen-bond acceptors (Lipinski definition) is 3. The van der Waals surface area contributed by atoms with Gasteiger partial charge in [-0.15, -0.1) is 0 Å². The van der Waals surface area contributed by atoms with Crippen molar-refractivity contribution >= 4 is 23.7 Å². The number of amides is 2. The molecule has 0 unspecified atom stereocenters. The van der Waals surface area contributed by atoms with Gasteiger partial charge in [-0.1, -0.05) is 12.2 Å². The fourth-order valence-corrected chi connectivity index (χ4v) is 2.03. The molecule has 0 aromatic heterocycles. The van der Waals surface area contributed by atoms with Crippen LogP contribution >= 0.6 is 0 Å². The maximum atomic E-state index is 11.8. The van der Waals surface area contributed by atoms with Crippen LogP contribution in [-0.2, 0) is 0 Å². The number of carboxylic acid groups (broad SMARTS) is 2. The summed E-state index contributed by atoms with van der Waals surface area (Å²) in [5.41, 5.74) is -0.281. The van der Waals surface area contributed by atoms with Crippen molar-refractivity contribution in [3.8, 4) is 0 Å². The van der Waals surface area contributed by atoms with Crippen LogP contribution in [0.2, 0.25) is 0 Å². The summed E-state index contributed by atoms with van der Waals surface area (Å²) in [7, 11) is 0. The summed E-state index contributed by atoms with van der Waals surface area (Å²) in [6.45, 7) is 0. The Kier molecular flexibility index (Phi) is 4.22. The van der Waals surface area contributed by atoms with E-state index in [1.807, 2.05) is 12.2 Å². The molecule has 1 aromatic carbocycles. The lowest BCUT2D eigenvalue weighted by Gasteiger charge is -2.13. The van der Waals surface area contributed by atoms with Crippen LogP contribution in [0.3, 0.4) is 0 Å². The van der Waals surface area contributed by atoms with Crippen LogP contribution in [-0.4, -0.2) is 34.2 Å². The van der Waals surface area contributed by atoms with E-state index in [4.69, 9.17) is 10.2 Å². The van der Waals surface area contributed by atoms with Crippen molar-refractivity contribution < 1.29 is 24.6 Å². The Balaban J connectivity index is 2.12. The van der Waals surface area contributed by atoms with Crippen LogP contribution in [0.25, 0.3) is 0 Å². The van der Waals surface area contributed by atoms with Crippen molar-refractivity contribution in [3.63, 3.8) is 0 Å². The van der Waals surface area contributed by atoms with E-state index in [0.29, 0.717) is 0 Å². The highest BCUT2D eigenvalue weighted by Crippen LogP contribution is 2.16. The molecular weight excluding hydrogens is 276 g/mol. The van der Waals surface area contributed by atoms with E-state index in [1.165, 1.54) is 12.1 Å². The average molecular weight is 290 g/mol. The fourth-order valence-electron chi connectivity index (χ4n) is 2.03. The predicted octanol–water partition coefficient (Wildman–Crippen LogP) is 1.92. The van der Waals surface area contributed by atoms with Gasteiger partial charge in [-0.25, -0.2) is 14.4 Å². The number of benzene rings is 1. The molecule has 1 aliphatic carbocycles. The third-order valence-electron chi connectivity index (χ3n) is 3.03. The summed E-state index contributed by atoms with van der Waals surface area (Å²) >= 11 is 0. The van der Waals surface area contributed by atoms with E-state index in [-0.39, 0.29) is 22.9 Å². The predicted molar refractivity (Wildman–Crippen MR) is 74.7 cm³/mol. The Morgan fingerprint density at radius 1 is 0.952 bits per heavy atom. The van der Waals surface area contributed by atoms with Crippen LogP contribution in [0, 0.1) is 0 Å². The maximum Gasteiger partial charge on any atom is 0.335 e. The maximum absolute atomic E-state index is 11.8. The summed E-state index contributed by atoms with van der Waals surface area (Å²) in [4.78, 5) is 33.7. The first-order valence-electron chi connectivity index (χ1n) is 6.30. The normalized spacial score (nSPS) is 13.9. The SMILES string of the molecule is O=C(Nc1cc(C(=O)O)cc(C(=O)O)c1)NC1CC=CC1. The number of hydrogen-bond donors (Lipinski definition) is 4. The molecule has 0 atom stereocenters. The minimum Gasteiger partial charge on any atom is -0.478 e. The zero-order chi connectivity index (χ0) is 15.4. The van der Waals surface area contributed by atoms with Gasteiger partial charge < -0.3 is 20.8 Å². The minimum atomic E-state index is -1.26. The Labute approximate surface area is 120 Å². The lowest BCUT2D eigenvalue weighted by Crippen LogP contribution is -2.36. The second-order valence-electron chi connectivity index (χ2n) is 4.65. The summed E-state index contributed by atoms with van der Waals surface area (Å²) in [5, 5.41) is 23.1. The van der Waals surface area contributed by atoms with Crippen molar-refractivity contribution in [2.24, 2.45) is 0 Å². The van der Waals surface area contributed by atoms with E-state index in [2.05, 4.69) is 10.6 Å². The molecular formula is C14H14N2O5. The van der Waals surface area contributed by atoms with Crippen LogP contribution in [0.1, 0.15) is 33.6 Å². The van der Waals surface area contributed by atoms with Crippen molar-refractivity contribution in [1.82, 2.24) is 5.32 Å². The molecule has 0 fully saturated rings. The van der Waals surface area contributed by atoms with Crippen molar-refractivity contribution in [2.45, 2.75) is 18.9 Å². The van der Waals surface area contributed by atoms with Crippen LogP contribution in [0.15, 0.2) is 30.4 Å². The summed E-state index contributed by atoms with van der Waals surface area (Å²) in [5.74, 6) is -2.52. The molecule has 2 amide bonds. The molecule has 0 bridgehead atoms. The molecule has 21 heavy (non-hydrogen) atoms. The topological polar surface area (TPSA) is 116 Å². The quantitative estimate of drug-likeness (QED) is 0.632. The lowest BCUT2D eigenvalue weighted by atomic mass is 10.1. The molecule has 0 spiro atoms. The average Bonchev–Trinajstić information content (AvgIpc) is 2.90. The Hall–Kier alpha value is -2.83. The van der Waals surface area contributed by atoms with Crippen LogP contribution < -0.4 is 10.6 Å². The molecule has 1 aliphatic rings. The standard InChI is InChI=1S/C14H14N2O5/c17-12(18)8-5-9(13(19)20)7-11(6-8)16-14(21)15-10-3-1-2-4-10/h1-2,5-7,10H,3-4H2,(H,17,18)(H,19,20)(H2,15,16,21). The van der Waals surface area contributed by atoms with Gasteiger partial charge in [0.2, 0.25) is 0 Å². The Bertz CT molecular complexity index is 584. The Morgan fingerprint density at radius 2 is 1.48 bits per heavy atom. The monoisotopic (exact) mass is 290 g/mol. The Morgan fingerprint density at radius 3 is 1.95 bits per heavy atom. The number of carbonyl (C=O) groups excluding carboxylic acids is 1. The molecule has 1 aromatic rings. The molecule has 4 N–H and O–H groups in total. The van der Waals surface area contributed by atoms with Crippen molar-refractivity contribution in [2.75, 3.05) is 5.32 Å². The van der Waals surface area contributed by atoms with Gasteiger partial charge in [0.25, 0.3) is 0 Å². The van der Waals surface area contributed by atoms with E-state index in [1.54, 1.807) is 0 Å². The van der Waals surface area contributed by atoms with E-state index < -0.39 is 18.0 Å². The lowest BCUT2D eigenvalue weighted by molar-refractivity contribution is 0.0696. The summed E-state index contributed by atoms with van der Waals surface area (Å²) in [6, 6.07) is 2.96. The number of carbonyl (C=O) groups is 3. The van der Waals surface area contributed by atoms with Crippen LogP contribution in [0.4, 0.5) is 10.5 Å². The molecule has 0 saturated carbocycles. The van der Waals surface area contributed by atoms with Gasteiger partial charge in [0, 0.05) is 11.7 Å². The largest absolute Gasteiger partial charge is 0.478 e. The first-order valence-corrected chi connectivity index (χ1v) is 6.30. The van der Waals surface area contributed by atoms with Gasteiger partial charge in [0.15, 0.2) is 0 Å². The van der Waals surface area contributed by atoms with E-state index >= 15 is 0 Å². The number of carboxylic acids is 2. The highest BCUT2D eigenvalue weighted by atomic mass is 16.4.